The molecule has 1 unspecified atom stereocenters. The Morgan fingerprint density at radius 2 is 1.83 bits per heavy atom. The molecule has 3 rings (SSSR count). The van der Waals surface area contributed by atoms with E-state index < -0.39 is 6.36 Å². The first-order valence-electron chi connectivity index (χ1n) is 9.95. The zero-order valence-corrected chi connectivity index (χ0v) is 16.9. The molecule has 0 radical (unpaired) electrons. The van der Waals surface area contributed by atoms with Gasteiger partial charge in [0, 0.05) is 51.9 Å². The Hall–Kier alpha value is -2.33. The molecule has 2 saturated heterocycles. The third-order valence-electron chi connectivity index (χ3n) is 5.43. The first kappa shape index (κ1) is 22.4. The van der Waals surface area contributed by atoms with E-state index in [4.69, 9.17) is 4.74 Å². The summed E-state index contributed by atoms with van der Waals surface area (Å²) in [6.45, 7) is 4.09. The minimum absolute atomic E-state index is 0.104. The normalized spacial score (nSPS) is 21.1. The van der Waals surface area contributed by atoms with Crippen molar-refractivity contribution >= 4 is 11.8 Å². The molecule has 1 aromatic carbocycles. The van der Waals surface area contributed by atoms with Crippen molar-refractivity contribution in [1.29, 1.82) is 0 Å². The number of benzene rings is 1. The summed E-state index contributed by atoms with van der Waals surface area (Å²) >= 11 is 0. The molecule has 0 spiro atoms. The van der Waals surface area contributed by atoms with Crippen LogP contribution in [0.1, 0.15) is 23.2 Å². The zero-order chi connectivity index (χ0) is 21.7. The van der Waals surface area contributed by atoms with Crippen molar-refractivity contribution in [2.24, 2.45) is 0 Å². The molecule has 1 aromatic rings. The summed E-state index contributed by atoms with van der Waals surface area (Å²) in [5.74, 6) is -0.499. The van der Waals surface area contributed by atoms with E-state index in [1.807, 2.05) is 4.90 Å². The largest absolute Gasteiger partial charge is 0.573 e. The molecule has 7 nitrogen and oxygen atoms in total. The Balaban J connectivity index is 1.56. The molecule has 0 aliphatic carbocycles. The van der Waals surface area contributed by atoms with Crippen LogP contribution >= 0.6 is 0 Å². The fourth-order valence-electron chi connectivity index (χ4n) is 3.92. The van der Waals surface area contributed by atoms with Crippen LogP contribution in [0.5, 0.6) is 5.75 Å². The van der Waals surface area contributed by atoms with Gasteiger partial charge in [0.1, 0.15) is 5.75 Å². The molecule has 2 amide bonds. The number of hydrogen-bond donors (Lipinski definition) is 0. The summed E-state index contributed by atoms with van der Waals surface area (Å²) < 4.78 is 45.7. The highest BCUT2D eigenvalue weighted by Crippen LogP contribution is 2.24. The van der Waals surface area contributed by atoms with Gasteiger partial charge in [0.15, 0.2) is 0 Å². The highest BCUT2D eigenvalue weighted by atomic mass is 19.4. The van der Waals surface area contributed by atoms with E-state index in [2.05, 4.69) is 9.64 Å². The first-order chi connectivity index (χ1) is 14.3. The van der Waals surface area contributed by atoms with Crippen LogP contribution in [-0.2, 0) is 9.53 Å². The predicted molar refractivity (Wildman–Crippen MR) is 102 cm³/mol. The smallest absolute Gasteiger partial charge is 0.406 e. The Morgan fingerprint density at radius 1 is 1.10 bits per heavy atom. The van der Waals surface area contributed by atoms with Crippen LogP contribution in [0.2, 0.25) is 0 Å². The standard InChI is InChI=1S/C20H26F3N3O4/c1-29-14-13-26-10-7-17(19(26)28)24-8-2-9-25(12-11-24)18(27)15-3-5-16(6-4-15)30-20(21,22)23/h3-6,17H,2,7-14H2,1H3. The van der Waals surface area contributed by atoms with Gasteiger partial charge in [-0.3, -0.25) is 14.5 Å². The number of ether oxygens (including phenoxy) is 2. The fourth-order valence-corrected chi connectivity index (χ4v) is 3.92. The lowest BCUT2D eigenvalue weighted by Gasteiger charge is -2.26. The number of rotatable bonds is 6. The van der Waals surface area contributed by atoms with Crippen molar-refractivity contribution in [3.63, 3.8) is 0 Å². The van der Waals surface area contributed by atoms with Gasteiger partial charge in [-0.2, -0.15) is 0 Å². The van der Waals surface area contributed by atoms with E-state index >= 15 is 0 Å². The van der Waals surface area contributed by atoms with Gasteiger partial charge in [0.2, 0.25) is 5.91 Å². The molecule has 10 heteroatoms. The summed E-state index contributed by atoms with van der Waals surface area (Å²) in [6.07, 6.45) is -3.28. The Bertz CT molecular complexity index is 742. The number of methoxy groups -OCH3 is 1. The van der Waals surface area contributed by atoms with Gasteiger partial charge >= 0.3 is 6.36 Å². The lowest BCUT2D eigenvalue weighted by atomic mass is 10.2. The maximum atomic E-state index is 12.8. The van der Waals surface area contributed by atoms with Crippen molar-refractivity contribution in [2.75, 3.05) is 53.0 Å². The minimum Gasteiger partial charge on any atom is -0.406 e. The van der Waals surface area contributed by atoms with Crippen LogP contribution in [0.4, 0.5) is 13.2 Å². The summed E-state index contributed by atoms with van der Waals surface area (Å²) in [5.41, 5.74) is 0.306. The highest BCUT2D eigenvalue weighted by molar-refractivity contribution is 5.94. The Labute approximate surface area is 173 Å². The van der Waals surface area contributed by atoms with Gasteiger partial charge in [-0.15, -0.1) is 13.2 Å². The van der Waals surface area contributed by atoms with Crippen LogP contribution in [0.15, 0.2) is 24.3 Å². The second kappa shape index (κ2) is 9.65. The molecule has 2 aliphatic heterocycles. The van der Waals surface area contributed by atoms with Gasteiger partial charge in [0.25, 0.3) is 5.91 Å². The van der Waals surface area contributed by atoms with E-state index in [1.54, 1.807) is 12.0 Å². The topological polar surface area (TPSA) is 62.3 Å². The third-order valence-corrected chi connectivity index (χ3v) is 5.43. The van der Waals surface area contributed by atoms with Crippen LogP contribution in [0, 0.1) is 0 Å². The minimum atomic E-state index is -4.77. The Kier molecular flexibility index (Phi) is 7.19. The monoisotopic (exact) mass is 429 g/mol. The van der Waals surface area contributed by atoms with E-state index in [1.165, 1.54) is 12.1 Å². The molecule has 166 valence electrons. The molecule has 0 N–H and O–H groups in total. The number of amides is 2. The van der Waals surface area contributed by atoms with Crippen LogP contribution in [0.3, 0.4) is 0 Å². The highest BCUT2D eigenvalue weighted by Gasteiger charge is 2.36. The lowest BCUT2D eigenvalue weighted by molar-refractivity contribution is -0.274. The number of hydrogen-bond acceptors (Lipinski definition) is 5. The maximum absolute atomic E-state index is 12.8. The number of halogens is 3. The summed E-state index contributed by atoms with van der Waals surface area (Å²) in [5, 5.41) is 0. The van der Waals surface area contributed by atoms with E-state index in [9.17, 15) is 22.8 Å². The zero-order valence-electron chi connectivity index (χ0n) is 16.9. The lowest BCUT2D eigenvalue weighted by Crippen LogP contribution is -2.44. The molecule has 2 heterocycles. The summed E-state index contributed by atoms with van der Waals surface area (Å²) in [6, 6.07) is 4.77. The van der Waals surface area contributed by atoms with Crippen LogP contribution in [0.25, 0.3) is 0 Å². The Morgan fingerprint density at radius 3 is 2.50 bits per heavy atom. The van der Waals surface area contributed by atoms with Crippen molar-refractivity contribution in [3.8, 4) is 5.75 Å². The van der Waals surface area contributed by atoms with Crippen molar-refractivity contribution in [1.82, 2.24) is 14.7 Å². The second-order valence-corrected chi connectivity index (χ2v) is 7.38. The van der Waals surface area contributed by atoms with E-state index in [-0.39, 0.29) is 23.6 Å². The van der Waals surface area contributed by atoms with E-state index in [0.717, 1.165) is 31.5 Å². The number of nitrogens with zero attached hydrogens (tertiary/aromatic N) is 3. The average Bonchev–Trinajstić information content (AvgIpc) is 2.90. The van der Waals surface area contributed by atoms with Crippen LogP contribution < -0.4 is 4.74 Å². The molecular formula is C20H26F3N3O4. The van der Waals surface area contributed by atoms with Crippen molar-refractivity contribution in [3.05, 3.63) is 29.8 Å². The maximum Gasteiger partial charge on any atom is 0.573 e. The predicted octanol–water partition coefficient (Wildman–Crippen LogP) is 1.98. The number of carbonyl (C=O) groups excluding carboxylic acids is 2. The van der Waals surface area contributed by atoms with E-state index in [0.29, 0.717) is 44.9 Å². The molecule has 2 fully saturated rings. The second-order valence-electron chi connectivity index (χ2n) is 7.38. The van der Waals surface area contributed by atoms with Crippen molar-refractivity contribution in [2.45, 2.75) is 25.2 Å². The van der Waals surface area contributed by atoms with Crippen LogP contribution in [-0.4, -0.2) is 91.9 Å². The van der Waals surface area contributed by atoms with Gasteiger partial charge < -0.3 is 19.3 Å². The van der Waals surface area contributed by atoms with Gasteiger partial charge in [-0.1, -0.05) is 0 Å². The number of carbonyl (C=O) groups is 2. The molecule has 1 atom stereocenters. The van der Waals surface area contributed by atoms with Gasteiger partial charge in [-0.25, -0.2) is 0 Å². The quantitative estimate of drug-likeness (QED) is 0.692. The molecule has 30 heavy (non-hydrogen) atoms. The average molecular weight is 429 g/mol. The molecule has 0 saturated carbocycles. The molecule has 0 aromatic heterocycles. The number of likely N-dealkylation sites (tertiary alicyclic amines) is 1. The SMILES string of the molecule is COCCN1CCC(N2CCCN(C(=O)c3ccc(OC(F)(F)F)cc3)CC2)C1=O. The van der Waals surface area contributed by atoms with Crippen molar-refractivity contribution < 1.29 is 32.2 Å². The fraction of sp³-hybridized carbons (Fsp3) is 0.600. The summed E-state index contributed by atoms with van der Waals surface area (Å²) in [7, 11) is 1.61. The summed E-state index contributed by atoms with van der Waals surface area (Å²) in [4.78, 5) is 31.0. The molecule has 0 bridgehead atoms. The first-order valence-corrected chi connectivity index (χ1v) is 9.95. The third kappa shape index (κ3) is 5.63. The molecule has 2 aliphatic rings. The van der Waals surface area contributed by atoms with Gasteiger partial charge in [-0.05, 0) is 37.1 Å². The molecular weight excluding hydrogens is 403 g/mol. The van der Waals surface area contributed by atoms with Gasteiger partial charge in [0.05, 0.1) is 12.6 Å². The number of alkyl halides is 3.